The van der Waals surface area contributed by atoms with Gasteiger partial charge in [-0.3, -0.25) is 9.13 Å². The lowest BCUT2D eigenvalue weighted by Crippen LogP contribution is -2.31. The first-order chi connectivity index (χ1) is 24.8. The highest BCUT2D eigenvalue weighted by Gasteiger charge is 2.26. The Hall–Kier alpha value is 1.28. The number of unbranched alkanes of at least 4 members (excludes halogenated alkanes) is 6. The van der Waals surface area contributed by atoms with E-state index in [1.807, 2.05) is 0 Å². The number of hydrogen-bond acceptors (Lipinski definition) is 12. The van der Waals surface area contributed by atoms with Crippen molar-refractivity contribution < 1.29 is 27.2 Å². The van der Waals surface area contributed by atoms with Crippen molar-refractivity contribution in [2.45, 2.75) is 110 Å². The molecule has 0 aromatic carbocycles. The Morgan fingerprint density at radius 3 is 0.982 bits per heavy atom. The first-order valence-electron chi connectivity index (χ1n) is 20.1. The summed E-state index contributed by atoms with van der Waals surface area (Å²) in [5.74, 6) is 0. The quantitative estimate of drug-likeness (QED) is 0.0260. The molecule has 0 aliphatic carbocycles. The maximum absolute atomic E-state index is 13.7. The summed E-state index contributed by atoms with van der Waals surface area (Å²) in [6, 6.07) is 0. The van der Waals surface area contributed by atoms with E-state index < -0.39 is 15.2 Å². The van der Waals surface area contributed by atoms with Crippen LogP contribution in [-0.2, 0) is 27.2 Å². The lowest BCUT2D eigenvalue weighted by atomic mass is 10.2. The van der Waals surface area contributed by atoms with Gasteiger partial charge in [-0.1, -0.05) is 70.3 Å². The number of nitrogens with two attached hydrogens (primary N) is 4. The smallest absolute Gasteiger partial charge is 0.330 e. The molecule has 352 valence electrons. The second kappa shape index (κ2) is 53.4. The highest BCUT2D eigenvalue weighted by Crippen LogP contribution is 2.49. The van der Waals surface area contributed by atoms with Crippen LogP contribution in [0.1, 0.15) is 110 Å². The van der Waals surface area contributed by atoms with Crippen LogP contribution in [0.25, 0.3) is 0 Å². The molecular weight excluding hydrogens is 899 g/mol. The molecule has 8 N–H and O–H groups in total. The topological polar surface area (TPSA) is 182 Å². The molecule has 0 saturated carbocycles. The molecule has 0 saturated heterocycles. The predicted molar refractivity (Wildman–Crippen MR) is 260 cm³/mol. The van der Waals surface area contributed by atoms with Gasteiger partial charge in [0, 0.05) is 13.1 Å². The van der Waals surface area contributed by atoms with Crippen molar-refractivity contribution in [1.29, 1.82) is 0 Å². The molecule has 0 spiro atoms. The van der Waals surface area contributed by atoms with E-state index in [2.05, 4.69) is 48.0 Å². The van der Waals surface area contributed by atoms with Crippen molar-refractivity contribution in [3.8, 4) is 0 Å². The summed E-state index contributed by atoms with van der Waals surface area (Å²) in [4.78, 5) is 4.52. The van der Waals surface area contributed by atoms with Crippen LogP contribution in [0.4, 0.5) is 0 Å². The van der Waals surface area contributed by atoms with Crippen molar-refractivity contribution in [2.24, 2.45) is 22.9 Å². The van der Waals surface area contributed by atoms with E-state index in [0.717, 1.165) is 110 Å². The highest BCUT2D eigenvalue weighted by atomic mass is 35.5. The molecule has 57 heavy (non-hydrogen) atoms. The van der Waals surface area contributed by atoms with Gasteiger partial charge in [0.2, 0.25) is 0 Å². The third-order valence-electron chi connectivity index (χ3n) is 8.35. The fraction of sp³-hybridized carbons (Fsp3) is 0.892. The normalized spacial score (nSPS) is 13.2. The molecule has 0 aromatic rings. The Morgan fingerprint density at radius 2 is 0.684 bits per heavy atom. The Morgan fingerprint density at radius 1 is 0.404 bits per heavy atom. The lowest BCUT2D eigenvalue weighted by molar-refractivity contribution is 0.194. The number of halogens is 6. The van der Waals surface area contributed by atoms with Crippen LogP contribution in [0.3, 0.4) is 0 Å². The highest BCUT2D eigenvalue weighted by molar-refractivity contribution is 7.54. The zero-order valence-corrected chi connectivity index (χ0v) is 41.9. The van der Waals surface area contributed by atoms with Crippen LogP contribution < -0.4 is 22.9 Å². The van der Waals surface area contributed by atoms with E-state index in [9.17, 15) is 9.13 Å². The van der Waals surface area contributed by atoms with E-state index >= 15 is 0 Å². The molecule has 0 aliphatic rings. The minimum Gasteiger partial charge on any atom is -0.330 e. The van der Waals surface area contributed by atoms with Gasteiger partial charge >= 0.3 is 15.2 Å². The molecule has 0 rings (SSSR count). The molecule has 0 aromatic heterocycles. The third-order valence-corrected chi connectivity index (χ3v) is 12.1. The second-order valence-electron chi connectivity index (χ2n) is 13.1. The van der Waals surface area contributed by atoms with Crippen molar-refractivity contribution in [3.05, 3.63) is 24.3 Å². The van der Waals surface area contributed by atoms with Crippen LogP contribution >= 0.6 is 89.6 Å². The van der Waals surface area contributed by atoms with Gasteiger partial charge in [0.05, 0.1) is 38.8 Å². The minimum absolute atomic E-state index is 0. The number of rotatable bonds is 40. The number of hydrogen-bond donors (Lipinski definition) is 4. The molecule has 12 nitrogen and oxygen atoms in total. The molecule has 20 heteroatoms. The maximum atomic E-state index is 13.7. The van der Waals surface area contributed by atoms with Crippen LogP contribution in [0, 0.1) is 0 Å². The summed E-state index contributed by atoms with van der Waals surface area (Å²) in [5.41, 5.74) is 23.0. The third kappa shape index (κ3) is 46.6. The van der Waals surface area contributed by atoms with Crippen LogP contribution in [0.15, 0.2) is 24.3 Å². The monoisotopic (exact) mass is 982 g/mol. The van der Waals surface area contributed by atoms with Gasteiger partial charge in [-0.2, -0.15) is 0 Å². The molecule has 0 radical (unpaired) electrons. The van der Waals surface area contributed by atoms with Gasteiger partial charge in [0.25, 0.3) is 0 Å². The number of allylic oxidation sites excluding steroid dienone is 2. The minimum atomic E-state index is -3.25. The largest absolute Gasteiger partial charge is 0.331 e. The zero-order valence-electron chi connectivity index (χ0n) is 35.2. The average Bonchev–Trinajstić information content (AvgIpc) is 3.13. The summed E-state index contributed by atoms with van der Waals surface area (Å²) in [6.45, 7) is 13.0. The van der Waals surface area contributed by atoms with Gasteiger partial charge in [-0.25, -0.2) is 0 Å². The van der Waals surface area contributed by atoms with Crippen molar-refractivity contribution >= 4 is 89.6 Å². The first kappa shape index (κ1) is 72.7. The lowest BCUT2D eigenvalue weighted by Gasteiger charge is -2.25. The molecule has 2 atom stereocenters. The van der Waals surface area contributed by atoms with E-state index in [1.54, 1.807) is 0 Å². The van der Waals surface area contributed by atoms with Gasteiger partial charge in [-0.05, 0) is 117 Å². The molecule has 0 heterocycles. The molecule has 0 aliphatic heterocycles. The maximum Gasteiger partial charge on any atom is 0.331 e. The SMILES string of the molecule is CCC/C=C\CCOP(=O)(CCN(CCCN)CCCN)OCCCCCCCOP(=O)(CCN(CCCN)CCCN)OCC/C=C\CCC.Cl.Cl.Cl.Cl.Cl.Cl. The molecule has 0 bridgehead atoms. The fourth-order valence-electron chi connectivity index (χ4n) is 5.26. The van der Waals surface area contributed by atoms with Gasteiger partial charge in [0.1, 0.15) is 0 Å². The van der Waals surface area contributed by atoms with E-state index in [-0.39, 0.29) is 74.4 Å². The molecule has 0 amide bonds. The van der Waals surface area contributed by atoms with Crippen LogP contribution in [0.5, 0.6) is 0 Å². The van der Waals surface area contributed by atoms with E-state index in [0.29, 0.717) is 90.9 Å². The molecule has 2 unspecified atom stereocenters. The Labute approximate surface area is 386 Å². The standard InChI is InChI=1S/C37H80N6O6P2.6ClH/c1-3-5-7-10-14-32-46-50(44,36-30-42(26-18-22-38)27-19-23-39)48-34-16-12-9-13-17-35-49-51(45,47-33-15-11-8-6-4-2)37-31-43(28-20-24-40)29-21-25-41;;;;;;/h7-8,10-11H,3-6,9,12-41H2,1-2H3;6*1H/b10-7-,11-8-;;;;;;. The van der Waals surface area contributed by atoms with E-state index in [4.69, 9.17) is 41.0 Å². The van der Waals surface area contributed by atoms with Gasteiger partial charge in [0.15, 0.2) is 0 Å². The van der Waals surface area contributed by atoms with Crippen molar-refractivity contribution in [3.63, 3.8) is 0 Å². The summed E-state index contributed by atoms with van der Waals surface area (Å²) in [7, 11) is -6.49. The predicted octanol–water partition coefficient (Wildman–Crippen LogP) is 9.41. The second-order valence-corrected chi connectivity index (χ2v) is 17.5. The first-order valence-corrected chi connectivity index (χ1v) is 23.6. The Kier molecular flexibility index (Phi) is 68.1. The van der Waals surface area contributed by atoms with Crippen molar-refractivity contribution in [1.82, 2.24) is 9.80 Å². The van der Waals surface area contributed by atoms with Crippen LogP contribution in [0.2, 0.25) is 0 Å². The number of nitrogens with zero attached hydrogens (tertiary/aromatic N) is 2. The van der Waals surface area contributed by atoms with Gasteiger partial charge < -0.3 is 50.8 Å². The zero-order chi connectivity index (χ0) is 37.7. The average molecular weight is 986 g/mol. The van der Waals surface area contributed by atoms with Crippen molar-refractivity contribution in [2.75, 3.05) is 104 Å². The Bertz CT molecular complexity index is 858. The summed E-state index contributed by atoms with van der Waals surface area (Å²) < 4.78 is 51.3. The molecule has 0 fully saturated rings. The van der Waals surface area contributed by atoms with Crippen LogP contribution in [-0.4, -0.2) is 114 Å². The molecular formula is C37H86Cl6N6O6P2. The Balaban J connectivity index is -0.000000833. The summed E-state index contributed by atoms with van der Waals surface area (Å²) in [5, 5.41) is 0. The van der Waals surface area contributed by atoms with E-state index in [1.165, 1.54) is 0 Å². The van der Waals surface area contributed by atoms with Gasteiger partial charge in [-0.15, -0.1) is 74.4 Å². The summed E-state index contributed by atoms with van der Waals surface area (Å²) >= 11 is 0. The fourth-order valence-corrected chi connectivity index (χ4v) is 8.56. The summed E-state index contributed by atoms with van der Waals surface area (Å²) in [6.07, 6.45) is 22.9.